The predicted molar refractivity (Wildman–Crippen MR) is 76.8 cm³/mol. The first-order chi connectivity index (χ1) is 9.67. The number of nitrogens with zero attached hydrogens (tertiary/aromatic N) is 4. The first-order valence-corrected chi connectivity index (χ1v) is 6.32. The molecule has 0 spiro atoms. The second-order valence-corrected chi connectivity index (χ2v) is 4.77. The zero-order chi connectivity index (χ0) is 14.1. The summed E-state index contributed by atoms with van der Waals surface area (Å²) >= 11 is 0. The van der Waals surface area contributed by atoms with Gasteiger partial charge in [0.25, 0.3) is 0 Å². The van der Waals surface area contributed by atoms with E-state index in [0.29, 0.717) is 17.9 Å². The molecule has 1 aliphatic rings. The lowest BCUT2D eigenvalue weighted by atomic mass is 10.1. The largest absolute Gasteiger partial charge is 0.383 e. The van der Waals surface area contributed by atoms with Crippen LogP contribution in [0.1, 0.15) is 16.7 Å². The van der Waals surface area contributed by atoms with Crippen LogP contribution < -0.4 is 16.4 Å². The Labute approximate surface area is 116 Å². The highest BCUT2D eigenvalue weighted by Crippen LogP contribution is 2.30. The van der Waals surface area contributed by atoms with E-state index < -0.39 is 0 Å². The van der Waals surface area contributed by atoms with Crippen molar-refractivity contribution in [3.8, 4) is 6.07 Å². The molecule has 4 N–H and O–H groups in total. The molecular formula is C14H14N6. The van der Waals surface area contributed by atoms with E-state index in [1.807, 2.05) is 18.2 Å². The van der Waals surface area contributed by atoms with Crippen LogP contribution in [0.15, 0.2) is 24.4 Å². The molecule has 0 unspecified atom stereocenters. The summed E-state index contributed by atoms with van der Waals surface area (Å²) in [4.78, 5) is 10.2. The number of hydrogen-bond donors (Lipinski definition) is 2. The van der Waals surface area contributed by atoms with Crippen molar-refractivity contribution in [1.29, 1.82) is 5.26 Å². The second kappa shape index (κ2) is 4.70. The normalized spacial score (nSPS) is 13.1. The molecule has 1 aromatic heterocycles. The molecule has 20 heavy (non-hydrogen) atoms. The van der Waals surface area contributed by atoms with E-state index in [9.17, 15) is 0 Å². The molecule has 0 bridgehead atoms. The number of hydrogen-bond acceptors (Lipinski definition) is 6. The van der Waals surface area contributed by atoms with E-state index in [1.54, 1.807) is 6.20 Å². The van der Waals surface area contributed by atoms with Crippen molar-refractivity contribution in [3.05, 3.63) is 41.1 Å². The predicted octanol–water partition coefficient (Wildman–Crippen LogP) is 1.08. The molecule has 2 heterocycles. The van der Waals surface area contributed by atoms with Gasteiger partial charge in [-0.2, -0.15) is 10.2 Å². The van der Waals surface area contributed by atoms with Crippen LogP contribution in [0.2, 0.25) is 0 Å². The molecule has 6 heteroatoms. The summed E-state index contributed by atoms with van der Waals surface area (Å²) < 4.78 is 0. The maximum atomic E-state index is 8.92. The SMILES string of the molecule is N#Cc1ccc2c(c1)CCN2Cc1cnc(N)nc1N. The molecule has 0 atom stereocenters. The molecule has 0 aliphatic carbocycles. The highest BCUT2D eigenvalue weighted by Gasteiger charge is 2.20. The van der Waals surface area contributed by atoms with Crippen LogP contribution in [-0.2, 0) is 13.0 Å². The van der Waals surface area contributed by atoms with Crippen LogP contribution in [0.3, 0.4) is 0 Å². The van der Waals surface area contributed by atoms with Crippen molar-refractivity contribution in [2.24, 2.45) is 0 Å². The molecule has 3 rings (SSSR count). The van der Waals surface area contributed by atoms with Crippen molar-refractivity contribution < 1.29 is 0 Å². The molecule has 2 aromatic rings. The summed E-state index contributed by atoms with van der Waals surface area (Å²) in [6.07, 6.45) is 2.60. The fourth-order valence-electron chi connectivity index (χ4n) is 2.47. The number of aromatic nitrogens is 2. The fourth-order valence-corrected chi connectivity index (χ4v) is 2.47. The van der Waals surface area contributed by atoms with Gasteiger partial charge in [0.1, 0.15) is 5.82 Å². The summed E-state index contributed by atoms with van der Waals surface area (Å²) in [5, 5.41) is 8.92. The highest BCUT2D eigenvalue weighted by atomic mass is 15.2. The molecule has 6 nitrogen and oxygen atoms in total. The Hall–Kier alpha value is -2.81. The summed E-state index contributed by atoms with van der Waals surface area (Å²) in [5.41, 5.74) is 15.2. The van der Waals surface area contributed by atoms with E-state index in [1.165, 1.54) is 5.56 Å². The quantitative estimate of drug-likeness (QED) is 0.842. The van der Waals surface area contributed by atoms with Crippen molar-refractivity contribution in [3.63, 3.8) is 0 Å². The number of fused-ring (bicyclic) bond motifs is 1. The van der Waals surface area contributed by atoms with Crippen LogP contribution in [0.4, 0.5) is 17.5 Å². The van der Waals surface area contributed by atoms with Crippen LogP contribution in [0.25, 0.3) is 0 Å². The van der Waals surface area contributed by atoms with E-state index in [-0.39, 0.29) is 5.95 Å². The Morgan fingerprint density at radius 3 is 2.95 bits per heavy atom. The van der Waals surface area contributed by atoms with Gasteiger partial charge in [-0.1, -0.05) is 0 Å². The third-order valence-electron chi connectivity index (χ3n) is 3.48. The molecule has 0 fully saturated rings. The molecule has 0 saturated heterocycles. The molecule has 0 amide bonds. The Morgan fingerprint density at radius 1 is 1.35 bits per heavy atom. The van der Waals surface area contributed by atoms with Gasteiger partial charge in [0.15, 0.2) is 0 Å². The number of nitrogen functional groups attached to an aromatic ring is 2. The van der Waals surface area contributed by atoms with Gasteiger partial charge in [-0.25, -0.2) is 4.98 Å². The van der Waals surface area contributed by atoms with E-state index in [0.717, 1.165) is 24.2 Å². The van der Waals surface area contributed by atoms with Gasteiger partial charge in [-0.05, 0) is 30.2 Å². The minimum absolute atomic E-state index is 0.187. The van der Waals surface area contributed by atoms with E-state index in [4.69, 9.17) is 16.7 Å². The van der Waals surface area contributed by atoms with Crippen LogP contribution in [0.5, 0.6) is 0 Å². The lowest BCUT2D eigenvalue weighted by Gasteiger charge is -2.20. The van der Waals surface area contributed by atoms with Gasteiger partial charge < -0.3 is 16.4 Å². The highest BCUT2D eigenvalue weighted by molar-refractivity contribution is 5.61. The first kappa shape index (κ1) is 12.2. The van der Waals surface area contributed by atoms with Gasteiger partial charge in [0, 0.05) is 30.5 Å². The fraction of sp³-hybridized carbons (Fsp3) is 0.214. The third kappa shape index (κ3) is 2.10. The third-order valence-corrected chi connectivity index (χ3v) is 3.48. The average Bonchev–Trinajstić information content (AvgIpc) is 2.84. The first-order valence-electron chi connectivity index (χ1n) is 6.32. The lowest BCUT2D eigenvalue weighted by Crippen LogP contribution is -2.21. The van der Waals surface area contributed by atoms with Crippen molar-refractivity contribution >= 4 is 17.5 Å². The topological polar surface area (TPSA) is 105 Å². The summed E-state index contributed by atoms with van der Waals surface area (Å²) in [6.45, 7) is 1.54. The summed E-state index contributed by atoms with van der Waals surface area (Å²) in [7, 11) is 0. The summed E-state index contributed by atoms with van der Waals surface area (Å²) in [5.74, 6) is 0.603. The number of rotatable bonds is 2. The molecular weight excluding hydrogens is 252 g/mol. The molecule has 1 aromatic carbocycles. The number of benzene rings is 1. The van der Waals surface area contributed by atoms with Gasteiger partial charge in [-0.15, -0.1) is 0 Å². The van der Waals surface area contributed by atoms with Gasteiger partial charge in [0.05, 0.1) is 11.6 Å². The zero-order valence-electron chi connectivity index (χ0n) is 10.9. The standard InChI is InChI=1S/C14H14N6/c15-6-9-1-2-12-10(5-9)3-4-20(12)8-11-7-18-14(17)19-13(11)16/h1-2,5,7H,3-4,8H2,(H4,16,17,18,19). The Kier molecular flexibility index (Phi) is 2.88. The van der Waals surface area contributed by atoms with Gasteiger partial charge in [0.2, 0.25) is 5.95 Å². The lowest BCUT2D eigenvalue weighted by molar-refractivity contribution is 0.830. The Balaban J connectivity index is 1.87. The van der Waals surface area contributed by atoms with Crippen molar-refractivity contribution in [1.82, 2.24) is 9.97 Å². The number of nitriles is 1. The smallest absolute Gasteiger partial charge is 0.221 e. The van der Waals surface area contributed by atoms with Crippen molar-refractivity contribution in [2.75, 3.05) is 22.9 Å². The monoisotopic (exact) mass is 266 g/mol. The average molecular weight is 266 g/mol. The van der Waals surface area contributed by atoms with E-state index in [2.05, 4.69) is 20.9 Å². The van der Waals surface area contributed by atoms with Gasteiger partial charge >= 0.3 is 0 Å². The van der Waals surface area contributed by atoms with Crippen molar-refractivity contribution in [2.45, 2.75) is 13.0 Å². The minimum atomic E-state index is 0.187. The molecule has 100 valence electrons. The Morgan fingerprint density at radius 2 is 2.20 bits per heavy atom. The molecule has 0 radical (unpaired) electrons. The minimum Gasteiger partial charge on any atom is -0.383 e. The maximum absolute atomic E-state index is 8.92. The summed E-state index contributed by atoms with van der Waals surface area (Å²) in [6, 6.07) is 7.92. The molecule has 1 aliphatic heterocycles. The second-order valence-electron chi connectivity index (χ2n) is 4.77. The van der Waals surface area contributed by atoms with Crippen LogP contribution in [0, 0.1) is 11.3 Å². The number of nitrogens with two attached hydrogens (primary N) is 2. The van der Waals surface area contributed by atoms with Crippen LogP contribution >= 0.6 is 0 Å². The van der Waals surface area contributed by atoms with Crippen LogP contribution in [-0.4, -0.2) is 16.5 Å². The Bertz CT molecular complexity index is 703. The molecule has 0 saturated carbocycles. The number of anilines is 3. The van der Waals surface area contributed by atoms with Gasteiger partial charge in [-0.3, -0.25) is 0 Å². The maximum Gasteiger partial charge on any atom is 0.221 e. The van der Waals surface area contributed by atoms with E-state index >= 15 is 0 Å². The zero-order valence-corrected chi connectivity index (χ0v) is 10.9.